The van der Waals surface area contributed by atoms with Gasteiger partial charge in [0.15, 0.2) is 11.4 Å². The van der Waals surface area contributed by atoms with E-state index in [4.69, 9.17) is 14.5 Å². The predicted octanol–water partition coefficient (Wildman–Crippen LogP) is 2.55. The molecule has 4 rings (SSSR count). The normalized spacial score (nSPS) is 15.8. The monoisotopic (exact) mass is 459 g/mol. The molecule has 0 fully saturated rings. The van der Waals surface area contributed by atoms with Gasteiger partial charge in [0.1, 0.15) is 0 Å². The van der Waals surface area contributed by atoms with Crippen molar-refractivity contribution in [2.24, 2.45) is 0 Å². The van der Waals surface area contributed by atoms with E-state index in [9.17, 15) is 4.79 Å². The second-order valence-corrected chi connectivity index (χ2v) is 7.81. The molecular formula is C20H22BrN5O3. The maximum atomic E-state index is 13.0. The zero-order valence-corrected chi connectivity index (χ0v) is 17.9. The van der Waals surface area contributed by atoms with Crippen LogP contribution in [-0.2, 0) is 27.2 Å². The number of rotatable bonds is 8. The second-order valence-electron chi connectivity index (χ2n) is 6.89. The quantitative estimate of drug-likeness (QED) is 0.517. The number of benzene rings is 1. The lowest BCUT2D eigenvalue weighted by Gasteiger charge is -2.13. The molecule has 1 aliphatic rings. The topological polar surface area (TPSA) is 91.2 Å². The van der Waals surface area contributed by atoms with Crippen molar-refractivity contribution >= 4 is 38.7 Å². The number of hydrogen-bond donors (Lipinski definition) is 1. The van der Waals surface area contributed by atoms with E-state index >= 15 is 0 Å². The van der Waals surface area contributed by atoms with Gasteiger partial charge in [-0.05, 0) is 23.3 Å². The summed E-state index contributed by atoms with van der Waals surface area (Å²) in [6.07, 6.45) is 2.30. The maximum absolute atomic E-state index is 13.0. The Morgan fingerprint density at radius 1 is 1.24 bits per heavy atom. The van der Waals surface area contributed by atoms with Crippen LogP contribution in [0.5, 0.6) is 0 Å². The number of halogens is 1. The molecule has 1 aromatic carbocycles. The average molecular weight is 460 g/mol. The van der Waals surface area contributed by atoms with Crippen molar-refractivity contribution in [2.45, 2.75) is 18.9 Å². The Labute approximate surface area is 176 Å². The van der Waals surface area contributed by atoms with Gasteiger partial charge in [-0.15, -0.1) is 0 Å². The van der Waals surface area contributed by atoms with Gasteiger partial charge in [-0.3, -0.25) is 9.48 Å². The molecule has 1 N–H and O–H groups in total. The molecule has 1 atom stereocenters. The molecule has 1 unspecified atom stereocenters. The lowest BCUT2D eigenvalue weighted by atomic mass is 9.95. The van der Waals surface area contributed by atoms with Gasteiger partial charge >= 0.3 is 0 Å². The van der Waals surface area contributed by atoms with Crippen molar-refractivity contribution in [3.8, 4) is 0 Å². The first-order valence-corrected chi connectivity index (χ1v) is 10.2. The molecule has 2 heterocycles. The van der Waals surface area contributed by atoms with Crippen molar-refractivity contribution in [1.29, 1.82) is 0 Å². The summed E-state index contributed by atoms with van der Waals surface area (Å²) in [4.78, 5) is 22.2. The van der Waals surface area contributed by atoms with E-state index in [0.29, 0.717) is 50.0 Å². The van der Waals surface area contributed by atoms with Gasteiger partial charge in [-0.25, -0.2) is 4.98 Å². The van der Waals surface area contributed by atoms with Crippen LogP contribution in [0.25, 0.3) is 11.0 Å². The highest BCUT2D eigenvalue weighted by Crippen LogP contribution is 2.39. The minimum absolute atomic E-state index is 0.130. The largest absolute Gasteiger partial charge is 0.383 e. The fourth-order valence-electron chi connectivity index (χ4n) is 3.60. The molecular weight excluding hydrogens is 438 g/mol. The van der Waals surface area contributed by atoms with Crippen molar-refractivity contribution < 1.29 is 14.3 Å². The standard InChI is InChI=1S/C20H22BrN5O3/c1-28-7-5-22-20-23-18(15-11-26(6-8-29-2)25-19(15)24-20)17-14-10-13(21)4-3-12(14)9-16(17)27/h3-4,10-11,17H,5-9H2,1-2H3,(H,22,24,25). The van der Waals surface area contributed by atoms with Crippen molar-refractivity contribution in [1.82, 2.24) is 19.7 Å². The molecule has 0 bridgehead atoms. The zero-order valence-electron chi connectivity index (χ0n) is 16.3. The maximum Gasteiger partial charge on any atom is 0.225 e. The zero-order chi connectivity index (χ0) is 20.4. The number of nitrogens with zero attached hydrogens (tertiary/aromatic N) is 4. The molecule has 0 radical (unpaired) electrons. The molecule has 0 aliphatic heterocycles. The van der Waals surface area contributed by atoms with Gasteiger partial charge in [-0.1, -0.05) is 22.0 Å². The van der Waals surface area contributed by atoms with Crippen molar-refractivity contribution in [2.75, 3.05) is 39.3 Å². The molecule has 0 saturated heterocycles. The van der Waals surface area contributed by atoms with Gasteiger partial charge in [0.05, 0.1) is 36.8 Å². The summed E-state index contributed by atoms with van der Waals surface area (Å²) in [6.45, 7) is 2.22. The summed E-state index contributed by atoms with van der Waals surface area (Å²) in [7, 11) is 3.29. The molecule has 3 aromatic rings. The van der Waals surface area contributed by atoms with Crippen LogP contribution in [-0.4, -0.2) is 59.5 Å². The number of ketones is 1. The lowest BCUT2D eigenvalue weighted by Crippen LogP contribution is -2.15. The Bertz CT molecular complexity index is 1050. The SMILES string of the molecule is COCCNc1nc(C2C(=O)Cc3ccc(Br)cc32)c2cn(CCOC)nc2n1. The number of carbonyl (C=O) groups excluding carboxylic acids is 1. The van der Waals surface area contributed by atoms with Crippen molar-refractivity contribution in [3.05, 3.63) is 45.7 Å². The molecule has 8 nitrogen and oxygen atoms in total. The van der Waals surface area contributed by atoms with Gasteiger partial charge in [0, 0.05) is 37.9 Å². The van der Waals surface area contributed by atoms with E-state index in [1.54, 1.807) is 18.9 Å². The highest BCUT2D eigenvalue weighted by molar-refractivity contribution is 9.10. The van der Waals surface area contributed by atoms with Crippen LogP contribution in [0.3, 0.4) is 0 Å². The van der Waals surface area contributed by atoms with Crippen LogP contribution >= 0.6 is 15.9 Å². The van der Waals surface area contributed by atoms with Crippen LogP contribution in [0, 0.1) is 0 Å². The number of anilines is 1. The summed E-state index contributed by atoms with van der Waals surface area (Å²) >= 11 is 3.52. The number of Topliss-reactive ketones (excluding diaryl/α,β-unsaturated/α-hetero) is 1. The van der Waals surface area contributed by atoms with E-state index < -0.39 is 5.92 Å². The summed E-state index contributed by atoms with van der Waals surface area (Å²) in [5.74, 6) is 0.138. The molecule has 0 saturated carbocycles. The first-order valence-electron chi connectivity index (χ1n) is 9.38. The van der Waals surface area contributed by atoms with Crippen LogP contribution < -0.4 is 5.32 Å². The third kappa shape index (κ3) is 4.03. The van der Waals surface area contributed by atoms with E-state index in [-0.39, 0.29) is 5.78 Å². The van der Waals surface area contributed by atoms with Crippen LogP contribution in [0.15, 0.2) is 28.9 Å². The molecule has 9 heteroatoms. The Morgan fingerprint density at radius 2 is 2.07 bits per heavy atom. The van der Waals surface area contributed by atoms with Crippen molar-refractivity contribution in [3.63, 3.8) is 0 Å². The second kappa shape index (κ2) is 8.56. The molecule has 0 spiro atoms. The number of ether oxygens (including phenoxy) is 2. The highest BCUT2D eigenvalue weighted by Gasteiger charge is 2.35. The average Bonchev–Trinajstić information content (AvgIpc) is 3.25. The minimum Gasteiger partial charge on any atom is -0.383 e. The number of fused-ring (bicyclic) bond motifs is 2. The van der Waals surface area contributed by atoms with Gasteiger partial charge < -0.3 is 14.8 Å². The van der Waals surface area contributed by atoms with Gasteiger partial charge in [0.25, 0.3) is 0 Å². The fraction of sp³-hybridized carbons (Fsp3) is 0.400. The van der Waals surface area contributed by atoms with Crippen LogP contribution in [0.4, 0.5) is 5.95 Å². The Hall–Kier alpha value is -2.36. The van der Waals surface area contributed by atoms with Crippen LogP contribution in [0.1, 0.15) is 22.7 Å². The lowest BCUT2D eigenvalue weighted by molar-refractivity contribution is -0.118. The summed E-state index contributed by atoms with van der Waals surface area (Å²) in [6, 6.07) is 5.96. The van der Waals surface area contributed by atoms with Gasteiger partial charge in [0.2, 0.25) is 5.95 Å². The number of aromatic nitrogens is 4. The fourth-order valence-corrected chi connectivity index (χ4v) is 3.97. The number of nitrogens with one attached hydrogen (secondary N) is 1. The third-order valence-corrected chi connectivity index (χ3v) is 5.44. The molecule has 0 amide bonds. The van der Waals surface area contributed by atoms with Crippen LogP contribution in [0.2, 0.25) is 0 Å². The summed E-state index contributed by atoms with van der Waals surface area (Å²) in [5.41, 5.74) is 3.26. The first kappa shape index (κ1) is 19.9. The Kier molecular flexibility index (Phi) is 5.89. The molecule has 1 aliphatic carbocycles. The molecule has 2 aromatic heterocycles. The predicted molar refractivity (Wildman–Crippen MR) is 112 cm³/mol. The van der Waals surface area contributed by atoms with E-state index in [2.05, 4.69) is 31.3 Å². The van der Waals surface area contributed by atoms with E-state index in [1.807, 2.05) is 24.4 Å². The van der Waals surface area contributed by atoms with Gasteiger partial charge in [-0.2, -0.15) is 10.1 Å². The van der Waals surface area contributed by atoms with E-state index in [0.717, 1.165) is 21.0 Å². The Balaban J connectivity index is 1.82. The Morgan fingerprint density at radius 3 is 2.86 bits per heavy atom. The van der Waals surface area contributed by atoms with E-state index in [1.165, 1.54) is 0 Å². The summed E-state index contributed by atoms with van der Waals surface area (Å²) < 4.78 is 13.0. The molecule has 152 valence electrons. The summed E-state index contributed by atoms with van der Waals surface area (Å²) in [5, 5.41) is 8.51. The first-order chi connectivity index (χ1) is 14.1. The number of carbonyl (C=O) groups is 1. The minimum atomic E-state index is -0.434. The number of methoxy groups -OCH3 is 2. The smallest absolute Gasteiger partial charge is 0.225 e. The molecule has 29 heavy (non-hydrogen) atoms. The highest BCUT2D eigenvalue weighted by atomic mass is 79.9. The third-order valence-electron chi connectivity index (χ3n) is 4.95. The number of hydrogen-bond acceptors (Lipinski definition) is 7.